The monoisotopic (exact) mass is 311 g/mol. The minimum Gasteiger partial charge on any atom is -0.391 e. The highest BCUT2D eigenvalue weighted by molar-refractivity contribution is 9.10. The van der Waals surface area contributed by atoms with Gasteiger partial charge in [-0.05, 0) is 43.0 Å². The van der Waals surface area contributed by atoms with Gasteiger partial charge in [0, 0.05) is 16.7 Å². The Morgan fingerprint density at radius 3 is 2.72 bits per heavy atom. The number of nitrogens with one attached hydrogen (secondary N) is 1. The average molecular weight is 312 g/mol. The average Bonchev–Trinajstić information content (AvgIpc) is 2.78. The lowest BCUT2D eigenvalue weighted by Gasteiger charge is -2.17. The van der Waals surface area contributed by atoms with Gasteiger partial charge in [0.1, 0.15) is 0 Å². The maximum absolute atomic E-state index is 10.0. The molecule has 1 aromatic rings. The van der Waals surface area contributed by atoms with Crippen molar-refractivity contribution < 1.29 is 5.11 Å². The number of hydrogen-bond acceptors (Lipinski definition) is 2. The van der Waals surface area contributed by atoms with Crippen LogP contribution in [0.4, 0.5) is 5.69 Å². The van der Waals surface area contributed by atoms with Crippen LogP contribution in [0.1, 0.15) is 37.7 Å². The molecule has 0 amide bonds. The van der Waals surface area contributed by atoms with Gasteiger partial charge in [0.25, 0.3) is 0 Å². The normalized spacial score (nSPS) is 17.9. The maximum atomic E-state index is 10.0. The first-order chi connectivity index (χ1) is 8.63. The third-order valence-electron chi connectivity index (χ3n) is 3.66. The largest absolute Gasteiger partial charge is 0.391 e. The van der Waals surface area contributed by atoms with E-state index in [4.69, 9.17) is 0 Å². The molecule has 2 N–H and O–H groups in total. The Morgan fingerprint density at radius 2 is 2.06 bits per heavy atom. The van der Waals surface area contributed by atoms with E-state index in [0.717, 1.165) is 22.5 Å². The molecule has 0 bridgehead atoms. The number of aliphatic hydroxyl groups is 1. The summed E-state index contributed by atoms with van der Waals surface area (Å²) in [6.07, 6.45) is 6.00. The van der Waals surface area contributed by atoms with Crippen molar-refractivity contribution in [1.29, 1.82) is 0 Å². The van der Waals surface area contributed by atoms with Gasteiger partial charge in [-0.15, -0.1) is 0 Å². The number of hydrogen-bond donors (Lipinski definition) is 2. The predicted molar refractivity (Wildman–Crippen MR) is 80.0 cm³/mol. The topological polar surface area (TPSA) is 32.3 Å². The number of benzene rings is 1. The predicted octanol–water partition coefficient (Wildman–Crippen LogP) is 4.11. The third-order valence-corrected chi connectivity index (χ3v) is 4.12. The fourth-order valence-corrected chi connectivity index (χ4v) is 3.40. The van der Waals surface area contributed by atoms with E-state index in [9.17, 15) is 5.11 Å². The van der Waals surface area contributed by atoms with Crippen molar-refractivity contribution in [2.24, 2.45) is 5.92 Å². The molecule has 18 heavy (non-hydrogen) atoms. The fourth-order valence-electron chi connectivity index (χ4n) is 2.79. The fraction of sp³-hybridized carbons (Fsp3) is 0.600. The molecule has 0 aliphatic heterocycles. The van der Waals surface area contributed by atoms with Crippen LogP contribution in [0.2, 0.25) is 0 Å². The van der Waals surface area contributed by atoms with Gasteiger partial charge < -0.3 is 10.4 Å². The van der Waals surface area contributed by atoms with Crippen LogP contribution in [0.15, 0.2) is 22.7 Å². The van der Waals surface area contributed by atoms with E-state index in [-0.39, 0.29) is 6.10 Å². The van der Waals surface area contributed by atoms with Gasteiger partial charge in [-0.3, -0.25) is 0 Å². The Balaban J connectivity index is 1.79. The lowest BCUT2D eigenvalue weighted by atomic mass is 10.00. The molecule has 1 atom stereocenters. The second-order valence-corrected chi connectivity index (χ2v) is 6.35. The number of aliphatic hydroxyl groups excluding tert-OH is 1. The van der Waals surface area contributed by atoms with Gasteiger partial charge in [-0.25, -0.2) is 0 Å². The smallest absolute Gasteiger partial charge is 0.0715 e. The van der Waals surface area contributed by atoms with E-state index >= 15 is 0 Å². The standard InChI is InChI=1S/C15H22BrNO/c1-11-6-13(16)9-14(7-11)17-10-15(18)8-12-4-2-3-5-12/h6-7,9,12,15,17-18H,2-5,8,10H2,1H3. The molecule has 3 heteroatoms. The van der Waals surface area contributed by atoms with Crippen molar-refractivity contribution in [2.45, 2.75) is 45.1 Å². The highest BCUT2D eigenvalue weighted by atomic mass is 79.9. The first kappa shape index (κ1) is 13.9. The van der Waals surface area contributed by atoms with E-state index in [0.29, 0.717) is 6.54 Å². The van der Waals surface area contributed by atoms with Gasteiger partial charge in [0.05, 0.1) is 6.10 Å². The van der Waals surface area contributed by atoms with Crippen LogP contribution in [0, 0.1) is 12.8 Å². The minimum absolute atomic E-state index is 0.229. The van der Waals surface area contributed by atoms with Gasteiger partial charge in [-0.1, -0.05) is 41.6 Å². The number of aryl methyl sites for hydroxylation is 1. The molecule has 0 saturated heterocycles. The van der Waals surface area contributed by atoms with Crippen LogP contribution in [0.3, 0.4) is 0 Å². The van der Waals surface area contributed by atoms with E-state index < -0.39 is 0 Å². The van der Waals surface area contributed by atoms with E-state index in [1.807, 2.05) is 0 Å². The first-order valence-corrected chi connectivity index (χ1v) is 7.62. The Kier molecular flexibility index (Phi) is 5.07. The van der Waals surface area contributed by atoms with Crippen molar-refractivity contribution in [3.8, 4) is 0 Å². The minimum atomic E-state index is -0.229. The van der Waals surface area contributed by atoms with Crippen LogP contribution >= 0.6 is 15.9 Å². The van der Waals surface area contributed by atoms with E-state index in [1.165, 1.54) is 31.2 Å². The van der Waals surface area contributed by atoms with Crippen molar-refractivity contribution >= 4 is 21.6 Å². The van der Waals surface area contributed by atoms with Crippen molar-refractivity contribution in [3.05, 3.63) is 28.2 Å². The quantitative estimate of drug-likeness (QED) is 0.857. The molecule has 1 unspecified atom stereocenters. The second-order valence-electron chi connectivity index (χ2n) is 5.44. The number of halogens is 1. The zero-order chi connectivity index (χ0) is 13.0. The Labute approximate surface area is 118 Å². The summed E-state index contributed by atoms with van der Waals surface area (Å²) in [5, 5.41) is 13.4. The Morgan fingerprint density at radius 1 is 1.33 bits per heavy atom. The highest BCUT2D eigenvalue weighted by Gasteiger charge is 2.18. The summed E-state index contributed by atoms with van der Waals surface area (Å²) in [6, 6.07) is 6.24. The molecule has 1 fully saturated rings. The second kappa shape index (κ2) is 6.58. The summed E-state index contributed by atoms with van der Waals surface area (Å²) in [4.78, 5) is 0. The van der Waals surface area contributed by atoms with Crippen LogP contribution in [0.25, 0.3) is 0 Å². The molecule has 1 aliphatic rings. The number of anilines is 1. The molecule has 0 heterocycles. The molecule has 2 rings (SSSR count). The van der Waals surface area contributed by atoms with Crippen LogP contribution in [-0.4, -0.2) is 17.8 Å². The molecular formula is C15H22BrNO. The molecule has 1 saturated carbocycles. The van der Waals surface area contributed by atoms with Crippen LogP contribution < -0.4 is 5.32 Å². The lowest BCUT2D eigenvalue weighted by Crippen LogP contribution is -2.22. The molecule has 0 radical (unpaired) electrons. The molecule has 0 aromatic heterocycles. The zero-order valence-electron chi connectivity index (χ0n) is 11.0. The Bertz CT molecular complexity index is 368. The molecule has 100 valence electrons. The molecule has 2 nitrogen and oxygen atoms in total. The van der Waals surface area contributed by atoms with E-state index in [2.05, 4.69) is 46.4 Å². The summed E-state index contributed by atoms with van der Waals surface area (Å²) in [7, 11) is 0. The summed E-state index contributed by atoms with van der Waals surface area (Å²) in [5.41, 5.74) is 2.30. The van der Waals surface area contributed by atoms with Crippen molar-refractivity contribution in [1.82, 2.24) is 0 Å². The SMILES string of the molecule is Cc1cc(Br)cc(NCC(O)CC2CCCC2)c1. The first-order valence-electron chi connectivity index (χ1n) is 6.82. The number of rotatable bonds is 5. The molecule has 1 aliphatic carbocycles. The van der Waals surface area contributed by atoms with Gasteiger partial charge >= 0.3 is 0 Å². The summed E-state index contributed by atoms with van der Waals surface area (Å²) in [6.45, 7) is 2.72. The van der Waals surface area contributed by atoms with E-state index in [1.54, 1.807) is 0 Å². The molecule has 0 spiro atoms. The molecule has 1 aromatic carbocycles. The molecular weight excluding hydrogens is 290 g/mol. The van der Waals surface area contributed by atoms with Crippen molar-refractivity contribution in [2.75, 3.05) is 11.9 Å². The van der Waals surface area contributed by atoms with Crippen LogP contribution in [-0.2, 0) is 0 Å². The van der Waals surface area contributed by atoms with Gasteiger partial charge in [-0.2, -0.15) is 0 Å². The van der Waals surface area contributed by atoms with Crippen molar-refractivity contribution in [3.63, 3.8) is 0 Å². The highest BCUT2D eigenvalue weighted by Crippen LogP contribution is 2.28. The maximum Gasteiger partial charge on any atom is 0.0715 e. The lowest BCUT2D eigenvalue weighted by molar-refractivity contribution is 0.155. The summed E-state index contributed by atoms with van der Waals surface area (Å²) in [5.74, 6) is 0.742. The summed E-state index contributed by atoms with van der Waals surface area (Å²) >= 11 is 3.49. The Hall–Kier alpha value is -0.540. The third kappa shape index (κ3) is 4.29. The van der Waals surface area contributed by atoms with Crippen LogP contribution in [0.5, 0.6) is 0 Å². The summed E-state index contributed by atoms with van der Waals surface area (Å²) < 4.78 is 1.08. The zero-order valence-corrected chi connectivity index (χ0v) is 12.5. The van der Waals surface area contributed by atoms with Gasteiger partial charge in [0.2, 0.25) is 0 Å². The van der Waals surface area contributed by atoms with Gasteiger partial charge in [0.15, 0.2) is 0 Å².